The number of benzene rings is 3. The van der Waals surface area contributed by atoms with Crippen LogP contribution in [0.4, 0.5) is 22.7 Å². The lowest BCUT2D eigenvalue weighted by atomic mass is 9.79. The van der Waals surface area contributed by atoms with Crippen LogP contribution in [0.1, 0.15) is 25.3 Å². The molecule has 1 heterocycles. The summed E-state index contributed by atoms with van der Waals surface area (Å²) < 4.78 is 0. The minimum atomic E-state index is -0.977. The molecule has 12 heteroatoms. The highest BCUT2D eigenvalue weighted by Gasteiger charge is 2.37. The van der Waals surface area contributed by atoms with Crippen molar-refractivity contribution in [2.75, 3.05) is 21.1 Å². The van der Waals surface area contributed by atoms with Gasteiger partial charge in [-0.25, -0.2) is 0 Å². The largest absolute Gasteiger partial charge is 0.769 e. The van der Waals surface area contributed by atoms with Gasteiger partial charge in [-0.2, -0.15) is 0 Å². The molecule has 0 bridgehead atoms. The normalized spacial score (nSPS) is 15.0. The Morgan fingerprint density at radius 1 is 0.769 bits per heavy atom. The van der Waals surface area contributed by atoms with Gasteiger partial charge in [-0.05, 0) is 68.4 Å². The first-order chi connectivity index (χ1) is 18.6. The van der Waals surface area contributed by atoms with Crippen molar-refractivity contribution in [1.82, 2.24) is 5.32 Å². The van der Waals surface area contributed by atoms with Gasteiger partial charge >= 0.3 is 0 Å². The molecule has 6 N–H and O–H groups in total. The molecule has 1 aliphatic rings. The molecule has 12 nitrogen and oxygen atoms in total. The van der Waals surface area contributed by atoms with Crippen molar-refractivity contribution in [1.29, 1.82) is 0 Å². The number of carbonyl (C=O) groups is 2. The number of para-hydroxylation sites is 1. The van der Waals surface area contributed by atoms with E-state index in [1.807, 2.05) is 0 Å². The fourth-order valence-electron chi connectivity index (χ4n) is 4.38. The van der Waals surface area contributed by atoms with Crippen LogP contribution < -0.4 is 26.4 Å². The number of hydrogen-bond acceptors (Lipinski definition) is 10. The highest BCUT2D eigenvalue weighted by atomic mass is 16.8. The molecule has 1 aliphatic heterocycles. The molecule has 3 aromatic carbocycles. The van der Waals surface area contributed by atoms with Gasteiger partial charge in [-0.15, -0.1) is 5.23 Å². The first-order valence-corrected chi connectivity index (χ1v) is 11.7. The summed E-state index contributed by atoms with van der Waals surface area (Å²) in [6.45, 7) is 3.35. The van der Waals surface area contributed by atoms with Crippen molar-refractivity contribution in [3.63, 3.8) is 0 Å². The van der Waals surface area contributed by atoms with Crippen LogP contribution in [0.5, 0.6) is 5.75 Å². The zero-order valence-electron chi connectivity index (χ0n) is 20.9. The molecule has 0 aliphatic carbocycles. The number of anilines is 4. The van der Waals surface area contributed by atoms with Crippen molar-refractivity contribution in [3.05, 3.63) is 111 Å². The summed E-state index contributed by atoms with van der Waals surface area (Å²) >= 11 is 0. The Morgan fingerprint density at radius 3 is 1.67 bits per heavy atom. The van der Waals surface area contributed by atoms with E-state index < -0.39 is 23.0 Å². The smallest absolute Gasteiger partial charge is 0.254 e. The molecule has 4 rings (SSSR count). The highest BCUT2D eigenvalue weighted by molar-refractivity contribution is 6.12. The first kappa shape index (κ1) is 27.2. The van der Waals surface area contributed by atoms with Crippen molar-refractivity contribution in [2.45, 2.75) is 19.8 Å². The number of dihydropyridines is 1. The Balaban J connectivity index is 1.71. The van der Waals surface area contributed by atoms with Crippen LogP contribution in [0.15, 0.2) is 95.3 Å². The number of nitrogens with zero attached hydrogens (tertiary/aromatic N) is 2. The van der Waals surface area contributed by atoms with Gasteiger partial charge in [0.15, 0.2) is 0 Å². The van der Waals surface area contributed by atoms with E-state index in [0.717, 1.165) is 0 Å². The van der Waals surface area contributed by atoms with E-state index in [0.29, 0.717) is 28.3 Å². The van der Waals surface area contributed by atoms with Gasteiger partial charge < -0.3 is 36.7 Å². The molecule has 1 unspecified atom stereocenters. The van der Waals surface area contributed by atoms with E-state index in [2.05, 4.69) is 16.0 Å². The van der Waals surface area contributed by atoms with E-state index >= 15 is 0 Å². The highest BCUT2D eigenvalue weighted by Crippen LogP contribution is 2.42. The molecule has 0 fully saturated rings. The number of hydrogen-bond donors (Lipinski definition) is 6. The van der Waals surface area contributed by atoms with Gasteiger partial charge in [0.2, 0.25) is 0 Å². The average molecular weight is 532 g/mol. The summed E-state index contributed by atoms with van der Waals surface area (Å²) in [5.41, 5.74) is 2.17. The summed E-state index contributed by atoms with van der Waals surface area (Å²) in [5, 5.41) is 58.9. The Kier molecular flexibility index (Phi) is 7.83. The molecular formula is C27H25N5O7-2. The number of phenolic OH excluding ortho intramolecular Hbond substituents is 1. The summed E-state index contributed by atoms with van der Waals surface area (Å²) in [4.78, 5) is 27.2. The standard InChI is InChI=1S/C27H25N5O7/c1-15-23(26(34)29-17-7-11-19(12-8-17)31(36)37)25(21-5-3-4-6-22(21)33)24(16(2)28-15)27(35)30-18-9-13-20(14-10-18)32(38)39/h3-14,25,28,33,36-37H,1-2H3,(H,29,34)(H,30,35)/q-2. The van der Waals surface area contributed by atoms with E-state index in [1.165, 1.54) is 54.6 Å². The number of rotatable bonds is 7. The fraction of sp³-hybridized carbons (Fsp3) is 0.111. The Hall–Kier alpha value is -4.88. The summed E-state index contributed by atoms with van der Waals surface area (Å²) in [5.74, 6) is -2.23. The maximum atomic E-state index is 13.6. The van der Waals surface area contributed by atoms with E-state index in [1.54, 1.807) is 32.0 Å². The topological polar surface area (TPSA) is 184 Å². The van der Waals surface area contributed by atoms with Crippen LogP contribution in [0.25, 0.3) is 0 Å². The average Bonchev–Trinajstić information content (AvgIpc) is 2.89. The second-order valence-electron chi connectivity index (χ2n) is 8.74. The minimum absolute atomic E-state index is 0.0546. The van der Waals surface area contributed by atoms with Crippen molar-refractivity contribution >= 4 is 34.6 Å². The number of nitrogens with one attached hydrogen (secondary N) is 3. The second kappa shape index (κ2) is 11.2. The molecule has 1 atom stereocenters. The first-order valence-electron chi connectivity index (χ1n) is 11.7. The van der Waals surface area contributed by atoms with Crippen LogP contribution in [-0.4, -0.2) is 27.3 Å². The predicted molar refractivity (Wildman–Crippen MR) is 145 cm³/mol. The molecule has 3 aromatic rings. The van der Waals surface area contributed by atoms with E-state index in [-0.39, 0.29) is 33.5 Å². The number of aromatic hydroxyl groups is 1. The SMILES string of the molecule is CC1=C(C(=O)Nc2ccc(N([O-])[O-])cc2)C(c2ccccc2O)C(C(=O)Nc2ccc(N(O)O)cc2)=C(C)N1. The lowest BCUT2D eigenvalue weighted by Gasteiger charge is -2.37. The molecule has 0 aromatic heterocycles. The molecule has 0 spiro atoms. The molecule has 0 saturated carbocycles. The number of carbonyl (C=O) groups excluding carboxylic acids is 2. The molecular weight excluding hydrogens is 506 g/mol. The fourth-order valence-corrected chi connectivity index (χ4v) is 4.38. The third-order valence-corrected chi connectivity index (χ3v) is 6.19. The van der Waals surface area contributed by atoms with Crippen molar-refractivity contribution < 1.29 is 25.1 Å². The number of phenols is 1. The van der Waals surface area contributed by atoms with E-state index in [4.69, 9.17) is 10.4 Å². The monoisotopic (exact) mass is 531 g/mol. The van der Waals surface area contributed by atoms with Gasteiger partial charge in [-0.3, -0.25) is 20.0 Å². The van der Waals surface area contributed by atoms with Gasteiger partial charge in [0.1, 0.15) is 5.75 Å². The van der Waals surface area contributed by atoms with Gasteiger partial charge in [0.05, 0.1) is 11.6 Å². The van der Waals surface area contributed by atoms with Crippen LogP contribution in [0.3, 0.4) is 0 Å². The Morgan fingerprint density at radius 2 is 1.23 bits per heavy atom. The summed E-state index contributed by atoms with van der Waals surface area (Å²) in [6, 6.07) is 17.4. The van der Waals surface area contributed by atoms with Crippen molar-refractivity contribution in [3.8, 4) is 5.75 Å². The second-order valence-corrected chi connectivity index (χ2v) is 8.74. The van der Waals surface area contributed by atoms with Gasteiger partial charge in [0, 0.05) is 45.2 Å². The van der Waals surface area contributed by atoms with Gasteiger partial charge in [-0.1, -0.05) is 18.2 Å². The van der Waals surface area contributed by atoms with Crippen LogP contribution in [-0.2, 0) is 9.59 Å². The lowest BCUT2D eigenvalue weighted by Crippen LogP contribution is -2.35. The third kappa shape index (κ3) is 5.84. The summed E-state index contributed by atoms with van der Waals surface area (Å²) in [6.07, 6.45) is 0. The lowest BCUT2D eigenvalue weighted by molar-refractivity contribution is -0.113. The molecule has 0 radical (unpaired) electrons. The number of amides is 2. The zero-order chi connectivity index (χ0) is 28.3. The Labute approximate surface area is 223 Å². The van der Waals surface area contributed by atoms with Gasteiger partial charge in [0.25, 0.3) is 11.8 Å². The zero-order valence-corrected chi connectivity index (χ0v) is 20.9. The number of allylic oxidation sites excluding steroid dienone is 2. The Bertz CT molecular complexity index is 1360. The maximum absolute atomic E-state index is 13.6. The van der Waals surface area contributed by atoms with Crippen LogP contribution >= 0.6 is 0 Å². The maximum Gasteiger partial charge on any atom is 0.254 e. The molecule has 202 valence electrons. The van der Waals surface area contributed by atoms with E-state index in [9.17, 15) is 25.1 Å². The van der Waals surface area contributed by atoms with Crippen LogP contribution in [0.2, 0.25) is 0 Å². The molecule has 39 heavy (non-hydrogen) atoms. The quantitative estimate of drug-likeness (QED) is 0.240. The predicted octanol–water partition coefficient (Wildman–Crippen LogP) is 4.29. The van der Waals surface area contributed by atoms with Crippen LogP contribution in [0, 0.1) is 10.4 Å². The molecule has 0 saturated heterocycles. The van der Waals surface area contributed by atoms with Crippen molar-refractivity contribution in [2.24, 2.45) is 0 Å². The minimum Gasteiger partial charge on any atom is -0.769 e. The summed E-state index contributed by atoms with van der Waals surface area (Å²) in [7, 11) is 0. The molecule has 2 amide bonds. The third-order valence-electron chi connectivity index (χ3n) is 6.19.